The van der Waals surface area contributed by atoms with Crippen LogP contribution in [0.15, 0.2) is 0 Å². The summed E-state index contributed by atoms with van der Waals surface area (Å²) in [7, 11) is 0. The van der Waals surface area contributed by atoms with Gasteiger partial charge >= 0.3 is 47.5 Å². The maximum absolute atomic E-state index is 8.82. The van der Waals surface area contributed by atoms with Gasteiger partial charge in [-0.1, -0.05) is 0 Å². The van der Waals surface area contributed by atoms with Crippen LogP contribution in [0.3, 0.4) is 0 Å². The van der Waals surface area contributed by atoms with E-state index in [1.54, 1.807) is 0 Å². The molecular formula is H5AsCrO4. The third kappa shape index (κ3) is 161. The third-order valence-electron chi connectivity index (χ3n) is 0. The van der Waals surface area contributed by atoms with E-state index in [9.17, 15) is 0 Å². The standard InChI is InChI=1S/AsH3.Cr.2H2O.2O/h1H3;;2*1H2;;/q;+2;;;;/p-2. The van der Waals surface area contributed by atoms with Crippen molar-refractivity contribution in [2.75, 3.05) is 0 Å². The Morgan fingerprint density at radius 3 is 1.17 bits per heavy atom. The Kier molecular flexibility index (Phi) is 4.45. The first-order valence-corrected chi connectivity index (χ1v) is 2.88. The average Bonchev–Trinajstić information content (AvgIpc) is 0.722. The predicted octanol–water partition coefficient (Wildman–Crippen LogP) is -2.54. The van der Waals surface area contributed by atoms with Crippen molar-refractivity contribution in [1.29, 1.82) is 0 Å². The van der Waals surface area contributed by atoms with Crippen LogP contribution >= 0.6 is 0 Å². The van der Waals surface area contributed by atoms with E-state index in [-0.39, 0.29) is 18.0 Å². The Bertz CT molecular complexity index is 90.7. The fourth-order valence-corrected chi connectivity index (χ4v) is 0. The minimum absolute atomic E-state index is 0. The molecule has 0 amide bonds. The molecule has 40 valence electrons. The summed E-state index contributed by atoms with van der Waals surface area (Å²) in [5, 5.41) is 0. The molecule has 2 N–H and O–H groups in total. The third-order valence-corrected chi connectivity index (χ3v) is 0. The summed E-state index contributed by atoms with van der Waals surface area (Å²) >= 11 is -5.25. The first-order chi connectivity index (χ1) is 2.00. The molecule has 4 nitrogen and oxygen atoms in total. The molecule has 0 radical (unpaired) electrons. The first kappa shape index (κ1) is 9.79. The number of hydrogen-bond acceptors (Lipinski definition) is 2. The van der Waals surface area contributed by atoms with Crippen LogP contribution in [0.25, 0.3) is 0 Å². The van der Waals surface area contributed by atoms with Gasteiger partial charge in [-0.3, -0.25) is 0 Å². The zero-order valence-electron chi connectivity index (χ0n) is 2.83. The Morgan fingerprint density at radius 1 is 1.17 bits per heavy atom. The summed E-state index contributed by atoms with van der Waals surface area (Å²) in [6.07, 6.45) is 0. The molecule has 0 aliphatic rings. The van der Waals surface area contributed by atoms with E-state index in [0.717, 1.165) is 0 Å². The molecule has 0 aliphatic heterocycles. The van der Waals surface area contributed by atoms with Crippen LogP contribution < -0.4 is 0 Å². The van der Waals surface area contributed by atoms with Gasteiger partial charge in [0.1, 0.15) is 0 Å². The van der Waals surface area contributed by atoms with Gasteiger partial charge in [0.15, 0.2) is 0 Å². The van der Waals surface area contributed by atoms with Gasteiger partial charge in [-0.2, -0.15) is 0 Å². The summed E-state index contributed by atoms with van der Waals surface area (Å²) in [5.74, 6) is 0. The molecule has 0 bridgehead atoms. The fraction of sp³-hybridized carbons (Fsp3) is 0. The molecule has 0 saturated carbocycles. The minimum atomic E-state index is -5.25. The maximum atomic E-state index is 8.82. The summed E-state index contributed by atoms with van der Waals surface area (Å²) < 4.78 is 31.9. The van der Waals surface area contributed by atoms with Crippen LogP contribution in [-0.4, -0.2) is 26.3 Å². The van der Waals surface area contributed by atoms with Crippen molar-refractivity contribution in [3.63, 3.8) is 0 Å². The van der Waals surface area contributed by atoms with E-state index in [1.807, 2.05) is 0 Å². The van der Waals surface area contributed by atoms with Crippen LogP contribution in [0.5, 0.6) is 0 Å². The van der Waals surface area contributed by atoms with Crippen LogP contribution in [0, 0.1) is 0 Å². The van der Waals surface area contributed by atoms with Gasteiger partial charge in [0.25, 0.3) is 0 Å². The van der Waals surface area contributed by atoms with Gasteiger partial charge in [-0.25, -0.2) is 0 Å². The molecule has 1 atom stereocenters. The van der Waals surface area contributed by atoms with Gasteiger partial charge in [0.05, 0.1) is 0 Å². The average molecular weight is 196 g/mol. The van der Waals surface area contributed by atoms with E-state index in [2.05, 4.69) is 0 Å². The summed E-state index contributed by atoms with van der Waals surface area (Å²) in [5.41, 5.74) is 0. The van der Waals surface area contributed by atoms with Crippen molar-refractivity contribution in [1.82, 2.24) is 0 Å². The van der Waals surface area contributed by atoms with E-state index >= 15 is 0 Å². The van der Waals surface area contributed by atoms with E-state index in [1.165, 1.54) is 0 Å². The predicted molar refractivity (Wildman–Crippen MR) is 15.7 cm³/mol. The van der Waals surface area contributed by atoms with Crippen molar-refractivity contribution >= 4 is 18.0 Å². The molecule has 0 fully saturated rings. The number of rotatable bonds is 0. The molecular weight excluding hydrogens is 191 g/mol. The second kappa shape index (κ2) is 2.73. The monoisotopic (exact) mass is 196 g/mol. The van der Waals surface area contributed by atoms with Gasteiger partial charge in [0.2, 0.25) is 0 Å². The van der Waals surface area contributed by atoms with Crippen molar-refractivity contribution in [2.45, 2.75) is 0 Å². The molecule has 0 aromatic heterocycles. The van der Waals surface area contributed by atoms with Crippen molar-refractivity contribution < 1.29 is 29.5 Å². The Morgan fingerprint density at radius 2 is 1.17 bits per heavy atom. The molecule has 0 heterocycles. The molecule has 0 aliphatic carbocycles. The van der Waals surface area contributed by atoms with E-state index in [0.29, 0.717) is 0 Å². The second-order valence-electron chi connectivity index (χ2n) is 0.448. The first-order valence-electron chi connectivity index (χ1n) is 0.698. The van der Waals surface area contributed by atoms with E-state index < -0.39 is 13.6 Å². The van der Waals surface area contributed by atoms with Gasteiger partial charge in [-0.05, 0) is 0 Å². The normalized spacial score (nSPS) is 9.67. The summed E-state index contributed by atoms with van der Waals surface area (Å²) in [4.78, 5) is 0. The molecule has 0 aromatic carbocycles. The molecule has 0 saturated heterocycles. The zero-order valence-corrected chi connectivity index (χ0v) is 7.07. The molecule has 1 unspecified atom stereocenters. The zero-order chi connectivity index (χ0) is 4.50. The Hall–Kier alpha value is 0.611. The summed E-state index contributed by atoms with van der Waals surface area (Å²) in [6, 6.07) is 0. The van der Waals surface area contributed by atoms with Gasteiger partial charge < -0.3 is 0 Å². The van der Waals surface area contributed by atoms with Crippen LogP contribution in [0.1, 0.15) is 0 Å². The molecule has 6 heteroatoms. The van der Waals surface area contributed by atoms with E-state index in [4.69, 9.17) is 15.9 Å². The van der Waals surface area contributed by atoms with Gasteiger partial charge in [-0.15, -0.1) is 0 Å². The van der Waals surface area contributed by atoms with Crippen LogP contribution in [-0.2, 0) is 21.2 Å². The number of hydrogen-bond donors (Lipinski definition) is 2. The quantitative estimate of drug-likeness (QED) is 0.418. The summed E-state index contributed by atoms with van der Waals surface area (Å²) in [6.45, 7) is 0. The van der Waals surface area contributed by atoms with Crippen LogP contribution in [0.4, 0.5) is 0 Å². The van der Waals surface area contributed by atoms with Crippen LogP contribution in [0.2, 0.25) is 0 Å². The van der Waals surface area contributed by atoms with Crippen molar-refractivity contribution in [3.8, 4) is 0 Å². The Labute approximate surface area is 47.9 Å². The Balaban J connectivity index is 0. The SMILES string of the molecule is [AsH3].[O]=[Cr](=[O])([OH])[OH]. The van der Waals surface area contributed by atoms with Crippen molar-refractivity contribution in [2.24, 2.45) is 0 Å². The fourth-order valence-electron chi connectivity index (χ4n) is 0. The van der Waals surface area contributed by atoms with Crippen molar-refractivity contribution in [3.05, 3.63) is 0 Å². The molecule has 6 heavy (non-hydrogen) atoms. The molecule has 0 aromatic rings. The molecule has 0 spiro atoms. The van der Waals surface area contributed by atoms with Gasteiger partial charge in [0, 0.05) is 0 Å². The topological polar surface area (TPSA) is 74.6 Å². The second-order valence-corrected chi connectivity index (χ2v) is 1.85. The molecule has 0 rings (SSSR count).